The molecule has 0 heterocycles. The number of nitrogens with one attached hydrogen (secondary N) is 1. The zero-order chi connectivity index (χ0) is 36.6. The summed E-state index contributed by atoms with van der Waals surface area (Å²) in [6, 6.07) is 4.99. The molecule has 280 valence electrons. The molecule has 0 aromatic heterocycles. The van der Waals surface area contributed by atoms with Crippen LogP contribution < -0.4 is 10.1 Å². The highest BCUT2D eigenvalue weighted by Crippen LogP contribution is 2.78. The van der Waals surface area contributed by atoms with Crippen LogP contribution >= 0.6 is 0 Å². The van der Waals surface area contributed by atoms with Gasteiger partial charge in [0.1, 0.15) is 5.75 Å². The van der Waals surface area contributed by atoms with Crippen LogP contribution in [0.4, 0.5) is 18.0 Å². The number of nitrogens with zero attached hydrogens (tertiary/aromatic N) is 1. The number of amides is 2. The van der Waals surface area contributed by atoms with E-state index >= 15 is 0 Å². The third-order valence-corrected chi connectivity index (χ3v) is 14.6. The largest absolute Gasteiger partial charge is 0.573 e. The molecular formula is C41H55F3N2O5. The Hall–Kier alpha value is -2.85. The van der Waals surface area contributed by atoms with Gasteiger partial charge >= 0.3 is 12.4 Å². The summed E-state index contributed by atoms with van der Waals surface area (Å²) in [6.45, 7) is 8.41. The number of benzene rings is 1. The molecule has 7 aliphatic carbocycles. The van der Waals surface area contributed by atoms with Gasteiger partial charge in [0, 0.05) is 40.3 Å². The highest BCUT2D eigenvalue weighted by molar-refractivity contribution is 6.00. The summed E-state index contributed by atoms with van der Waals surface area (Å²) in [5.41, 5.74) is -1.39. The first kappa shape index (κ1) is 36.5. The van der Waals surface area contributed by atoms with Crippen LogP contribution in [0.15, 0.2) is 48.1 Å². The smallest absolute Gasteiger partial charge is 0.406 e. The fourth-order valence-corrected chi connectivity index (χ4v) is 12.1. The molecule has 4 fully saturated rings. The van der Waals surface area contributed by atoms with Gasteiger partial charge in [-0.2, -0.15) is 0 Å². The van der Waals surface area contributed by atoms with Crippen molar-refractivity contribution >= 4 is 11.8 Å². The van der Waals surface area contributed by atoms with Crippen molar-refractivity contribution in [1.82, 2.24) is 10.2 Å². The minimum atomic E-state index is -4.81. The van der Waals surface area contributed by atoms with Gasteiger partial charge in [-0.1, -0.05) is 63.5 Å². The predicted octanol–water partition coefficient (Wildman–Crippen LogP) is 8.25. The maximum absolute atomic E-state index is 14.8. The number of ketones is 1. The Morgan fingerprint density at radius 3 is 2.25 bits per heavy atom. The Bertz CT molecular complexity index is 1590. The summed E-state index contributed by atoms with van der Waals surface area (Å²) in [6.07, 6.45) is 11.8. The molecule has 2 bridgehead atoms. The molecule has 10 heteroatoms. The van der Waals surface area contributed by atoms with Crippen LogP contribution in [0.2, 0.25) is 0 Å². The molecule has 1 aromatic carbocycles. The number of aliphatic hydroxyl groups is 2. The van der Waals surface area contributed by atoms with E-state index < -0.39 is 28.9 Å². The van der Waals surface area contributed by atoms with E-state index in [1.54, 1.807) is 4.90 Å². The molecular weight excluding hydrogens is 657 g/mol. The SMILES string of the molecule is CC(C)NC(=O)N(Cc1ccc(OC(F)(F)F)cc1)CC1(O)CCC2C34C=CC5(C=C3C(=O)C3CCCCC3)CC(O)CCC5(C)C4CCC21C. The molecule has 8 atom stereocenters. The van der Waals surface area contributed by atoms with E-state index in [1.807, 2.05) is 13.8 Å². The first-order chi connectivity index (χ1) is 24.0. The van der Waals surface area contributed by atoms with Gasteiger partial charge < -0.3 is 25.2 Å². The molecule has 0 saturated heterocycles. The van der Waals surface area contributed by atoms with Gasteiger partial charge in [0.05, 0.1) is 18.2 Å². The van der Waals surface area contributed by atoms with Crippen LogP contribution in [0.1, 0.15) is 110 Å². The van der Waals surface area contributed by atoms with Crippen molar-refractivity contribution in [2.75, 3.05) is 6.54 Å². The molecule has 4 saturated carbocycles. The second kappa shape index (κ2) is 12.6. The number of halogens is 3. The van der Waals surface area contributed by atoms with Gasteiger partial charge in [-0.3, -0.25) is 4.79 Å². The topological polar surface area (TPSA) is 99.1 Å². The number of aliphatic hydroxyl groups excluding tert-OH is 1. The van der Waals surface area contributed by atoms with Crippen LogP contribution in [0.3, 0.4) is 0 Å². The Morgan fingerprint density at radius 1 is 0.941 bits per heavy atom. The van der Waals surface area contributed by atoms with Gasteiger partial charge in [0.15, 0.2) is 5.78 Å². The Morgan fingerprint density at radius 2 is 1.59 bits per heavy atom. The number of allylic oxidation sites excluding steroid dienone is 4. The third-order valence-electron chi connectivity index (χ3n) is 14.6. The molecule has 7 nitrogen and oxygen atoms in total. The normalized spacial score (nSPS) is 38.8. The lowest BCUT2D eigenvalue weighted by Crippen LogP contribution is -2.67. The van der Waals surface area contributed by atoms with Gasteiger partial charge in [-0.25, -0.2) is 4.79 Å². The van der Waals surface area contributed by atoms with E-state index in [4.69, 9.17) is 0 Å². The summed E-state index contributed by atoms with van der Waals surface area (Å²) in [7, 11) is 0. The number of carbonyl (C=O) groups is 2. The molecule has 0 aliphatic heterocycles. The monoisotopic (exact) mass is 712 g/mol. The van der Waals surface area contributed by atoms with Crippen molar-refractivity contribution < 1.29 is 37.7 Å². The molecule has 3 N–H and O–H groups in total. The van der Waals surface area contributed by atoms with E-state index in [0.29, 0.717) is 24.8 Å². The summed E-state index contributed by atoms with van der Waals surface area (Å²) in [4.78, 5) is 30.2. The van der Waals surface area contributed by atoms with Crippen LogP contribution in [0.25, 0.3) is 0 Å². The lowest BCUT2D eigenvalue weighted by atomic mass is 9.32. The van der Waals surface area contributed by atoms with E-state index in [2.05, 4.69) is 42.1 Å². The van der Waals surface area contributed by atoms with Crippen LogP contribution in [-0.2, 0) is 11.3 Å². The Labute approximate surface area is 300 Å². The zero-order valence-electron chi connectivity index (χ0n) is 30.5. The molecule has 51 heavy (non-hydrogen) atoms. The Balaban J connectivity index is 1.24. The highest BCUT2D eigenvalue weighted by Gasteiger charge is 2.74. The van der Waals surface area contributed by atoms with Gasteiger partial charge in [-0.05, 0) is 107 Å². The van der Waals surface area contributed by atoms with E-state index in [-0.39, 0.29) is 65.3 Å². The number of hydrogen-bond acceptors (Lipinski definition) is 5. The molecule has 7 aliphatic rings. The van der Waals surface area contributed by atoms with Crippen LogP contribution in [0.5, 0.6) is 5.75 Å². The summed E-state index contributed by atoms with van der Waals surface area (Å²) >= 11 is 0. The van der Waals surface area contributed by atoms with Crippen LogP contribution in [-0.4, -0.2) is 57.6 Å². The second-order valence-corrected chi connectivity index (χ2v) is 17.7. The first-order valence-electron chi connectivity index (χ1n) is 19.2. The number of carbonyl (C=O) groups excluding carboxylic acids is 2. The minimum absolute atomic E-state index is 0.000515. The number of rotatable bonds is 8. The third kappa shape index (κ3) is 5.85. The summed E-state index contributed by atoms with van der Waals surface area (Å²) in [5, 5.41) is 26.9. The molecule has 8 unspecified atom stereocenters. The van der Waals surface area contributed by atoms with Crippen molar-refractivity contribution in [3.63, 3.8) is 0 Å². The van der Waals surface area contributed by atoms with Gasteiger partial charge in [0.2, 0.25) is 0 Å². The number of ether oxygens (including phenoxy) is 1. The average Bonchev–Trinajstić information content (AvgIpc) is 3.34. The van der Waals surface area contributed by atoms with Gasteiger partial charge in [-0.15, -0.1) is 13.2 Å². The van der Waals surface area contributed by atoms with Crippen molar-refractivity contribution in [3.05, 3.63) is 53.6 Å². The fourth-order valence-electron chi connectivity index (χ4n) is 12.1. The fraction of sp³-hybridized carbons (Fsp3) is 0.707. The molecule has 8 rings (SSSR count). The van der Waals surface area contributed by atoms with Crippen LogP contribution in [0, 0.1) is 39.4 Å². The maximum atomic E-state index is 14.8. The lowest BCUT2D eigenvalue weighted by Gasteiger charge is -2.71. The van der Waals surface area contributed by atoms with E-state index in [0.717, 1.165) is 63.4 Å². The number of alkyl halides is 3. The van der Waals surface area contributed by atoms with Crippen molar-refractivity contribution in [1.29, 1.82) is 0 Å². The number of Topliss-reactive ketones (excluding diaryl/α,β-unsaturated/α-hetero) is 1. The number of urea groups is 1. The molecule has 0 radical (unpaired) electrons. The first-order valence-corrected chi connectivity index (χ1v) is 19.2. The van der Waals surface area contributed by atoms with Crippen molar-refractivity contribution in [2.45, 2.75) is 135 Å². The highest BCUT2D eigenvalue weighted by atomic mass is 19.4. The van der Waals surface area contributed by atoms with E-state index in [1.165, 1.54) is 24.3 Å². The van der Waals surface area contributed by atoms with Crippen molar-refractivity contribution in [2.24, 2.45) is 39.4 Å². The quantitative estimate of drug-likeness (QED) is 0.236. The lowest BCUT2D eigenvalue weighted by molar-refractivity contribution is -0.274. The average molecular weight is 713 g/mol. The second-order valence-electron chi connectivity index (χ2n) is 17.7. The van der Waals surface area contributed by atoms with Gasteiger partial charge in [0.25, 0.3) is 0 Å². The summed E-state index contributed by atoms with van der Waals surface area (Å²) in [5.74, 6) is 0.101. The molecule has 2 amide bonds. The molecule has 2 spiro atoms. The standard InChI is InChI=1S/C41H55F3N2O5/c1-26(2)45-35(49)46(24-27-10-12-30(13-11-27)51-41(42,43)44)25-39(50)19-16-33-37(39,4)18-15-32-36(3)17-14-29(47)22-38(36)20-21-40(32,33)31(23-38)34(48)28-8-6-5-7-9-28/h10-13,20-21,23,26,28-29,32-33,47,50H,5-9,14-19,22,24-25H2,1-4H3,(H,45,49). The number of hydrogen-bond donors (Lipinski definition) is 3. The Kier molecular flexibility index (Phi) is 9.04. The summed E-state index contributed by atoms with van der Waals surface area (Å²) < 4.78 is 42.5. The maximum Gasteiger partial charge on any atom is 0.573 e. The zero-order valence-corrected chi connectivity index (χ0v) is 30.5. The number of fused-ring (bicyclic) bond motifs is 1. The van der Waals surface area contributed by atoms with E-state index in [9.17, 15) is 33.0 Å². The predicted molar refractivity (Wildman–Crippen MR) is 187 cm³/mol. The molecule has 1 aromatic rings. The minimum Gasteiger partial charge on any atom is -0.406 e. The van der Waals surface area contributed by atoms with Crippen molar-refractivity contribution in [3.8, 4) is 5.75 Å².